The van der Waals surface area contributed by atoms with E-state index in [2.05, 4.69) is 20.4 Å². The SMILES string of the molecule is Cn1ncc2c(=O)n3[nH]nc(C(N)=O)c3nc21. The first-order valence-electron chi connectivity index (χ1n) is 4.68. The van der Waals surface area contributed by atoms with Crippen LogP contribution < -0.4 is 11.3 Å². The number of carbonyl (C=O) groups excluding carboxylic acids is 1. The number of aromatic amines is 1. The number of fused-ring (bicyclic) bond motifs is 2. The first kappa shape index (κ1) is 9.51. The van der Waals surface area contributed by atoms with Crippen molar-refractivity contribution in [3.8, 4) is 0 Å². The maximum atomic E-state index is 12.0. The Bertz CT molecular complexity index is 808. The molecule has 0 atom stereocenters. The Kier molecular flexibility index (Phi) is 1.62. The van der Waals surface area contributed by atoms with Gasteiger partial charge in [0.1, 0.15) is 5.39 Å². The van der Waals surface area contributed by atoms with Gasteiger partial charge in [0, 0.05) is 7.05 Å². The first-order chi connectivity index (χ1) is 8.09. The van der Waals surface area contributed by atoms with E-state index in [0.29, 0.717) is 11.0 Å². The van der Waals surface area contributed by atoms with Gasteiger partial charge in [0.25, 0.3) is 11.5 Å². The number of carbonyl (C=O) groups is 1. The van der Waals surface area contributed by atoms with Gasteiger partial charge in [0.15, 0.2) is 17.0 Å². The monoisotopic (exact) mass is 233 g/mol. The molecule has 0 aromatic carbocycles. The number of nitrogens with two attached hydrogens (primary N) is 1. The molecule has 0 unspecified atom stereocenters. The average Bonchev–Trinajstić information content (AvgIpc) is 2.84. The standard InChI is InChI=1S/C8H7N7O2/c1-14-6-3(2-10-14)8(17)15-7(11-6)4(5(9)16)12-13-15/h2,13H,1H3,(H2,9,16). The molecule has 0 radical (unpaired) electrons. The van der Waals surface area contributed by atoms with E-state index in [4.69, 9.17) is 5.73 Å². The van der Waals surface area contributed by atoms with Crippen molar-refractivity contribution in [1.82, 2.24) is 29.6 Å². The predicted molar refractivity (Wildman–Crippen MR) is 56.4 cm³/mol. The molecular formula is C8H7N7O2. The van der Waals surface area contributed by atoms with E-state index in [9.17, 15) is 9.59 Å². The molecule has 9 heteroatoms. The third-order valence-electron chi connectivity index (χ3n) is 2.47. The number of hydrogen-bond donors (Lipinski definition) is 2. The third kappa shape index (κ3) is 1.10. The summed E-state index contributed by atoms with van der Waals surface area (Å²) >= 11 is 0. The Morgan fingerprint density at radius 2 is 2.24 bits per heavy atom. The minimum Gasteiger partial charge on any atom is -0.364 e. The van der Waals surface area contributed by atoms with Crippen molar-refractivity contribution < 1.29 is 4.79 Å². The van der Waals surface area contributed by atoms with Gasteiger partial charge in [-0.1, -0.05) is 0 Å². The minimum absolute atomic E-state index is 0.0785. The van der Waals surface area contributed by atoms with Crippen molar-refractivity contribution >= 4 is 22.6 Å². The van der Waals surface area contributed by atoms with E-state index in [1.54, 1.807) is 7.05 Å². The number of aromatic nitrogens is 6. The molecule has 0 saturated heterocycles. The van der Waals surface area contributed by atoms with E-state index in [1.165, 1.54) is 10.9 Å². The molecule has 0 aliphatic carbocycles. The molecule has 0 aliphatic rings. The van der Waals surface area contributed by atoms with Crippen LogP contribution in [-0.2, 0) is 7.05 Å². The molecule has 3 rings (SSSR count). The number of rotatable bonds is 1. The second-order valence-electron chi connectivity index (χ2n) is 3.51. The molecule has 3 heterocycles. The maximum Gasteiger partial charge on any atom is 0.285 e. The van der Waals surface area contributed by atoms with Crippen molar-refractivity contribution in [3.05, 3.63) is 22.2 Å². The van der Waals surface area contributed by atoms with Gasteiger partial charge in [-0.15, -0.1) is 5.10 Å². The minimum atomic E-state index is -0.753. The summed E-state index contributed by atoms with van der Waals surface area (Å²) in [5.41, 5.74) is 5.15. The van der Waals surface area contributed by atoms with Gasteiger partial charge in [-0.05, 0) is 0 Å². The highest BCUT2D eigenvalue weighted by atomic mass is 16.1. The average molecular weight is 233 g/mol. The zero-order valence-corrected chi connectivity index (χ0v) is 8.71. The van der Waals surface area contributed by atoms with Crippen molar-refractivity contribution in [3.63, 3.8) is 0 Å². The van der Waals surface area contributed by atoms with Crippen molar-refractivity contribution in [2.45, 2.75) is 0 Å². The number of amides is 1. The Labute approximate surface area is 92.8 Å². The summed E-state index contributed by atoms with van der Waals surface area (Å²) in [6, 6.07) is 0. The Morgan fingerprint density at radius 1 is 1.47 bits per heavy atom. The molecule has 3 aromatic rings. The van der Waals surface area contributed by atoms with Crippen LogP contribution in [0.3, 0.4) is 0 Å². The van der Waals surface area contributed by atoms with Crippen LogP contribution in [0.25, 0.3) is 16.7 Å². The summed E-state index contributed by atoms with van der Waals surface area (Å²) in [4.78, 5) is 27.2. The summed E-state index contributed by atoms with van der Waals surface area (Å²) in [7, 11) is 1.65. The molecule has 0 aliphatic heterocycles. The molecule has 1 amide bonds. The zero-order valence-electron chi connectivity index (χ0n) is 8.71. The smallest absolute Gasteiger partial charge is 0.285 e. The number of hydrogen-bond acceptors (Lipinski definition) is 5. The van der Waals surface area contributed by atoms with Gasteiger partial charge >= 0.3 is 0 Å². The zero-order chi connectivity index (χ0) is 12.2. The highest BCUT2D eigenvalue weighted by molar-refractivity contribution is 5.97. The summed E-state index contributed by atoms with van der Waals surface area (Å²) in [5, 5.41) is 10.3. The van der Waals surface area contributed by atoms with Gasteiger partial charge in [-0.2, -0.15) is 9.61 Å². The van der Waals surface area contributed by atoms with Crippen LogP contribution in [0.4, 0.5) is 0 Å². The molecule has 9 nitrogen and oxygen atoms in total. The number of aryl methyl sites for hydroxylation is 1. The van der Waals surface area contributed by atoms with Gasteiger partial charge < -0.3 is 5.73 Å². The fourth-order valence-corrected chi connectivity index (χ4v) is 1.65. The van der Waals surface area contributed by atoms with E-state index in [0.717, 1.165) is 4.52 Å². The van der Waals surface area contributed by atoms with Crippen LogP contribution >= 0.6 is 0 Å². The quantitative estimate of drug-likeness (QED) is 0.524. The van der Waals surface area contributed by atoms with E-state index < -0.39 is 5.91 Å². The summed E-state index contributed by atoms with van der Waals surface area (Å²) in [6.07, 6.45) is 1.40. The fourth-order valence-electron chi connectivity index (χ4n) is 1.65. The maximum absolute atomic E-state index is 12.0. The largest absolute Gasteiger partial charge is 0.364 e. The normalized spacial score (nSPS) is 11.4. The molecular weight excluding hydrogens is 226 g/mol. The predicted octanol–water partition coefficient (Wildman–Crippen LogP) is -1.60. The molecule has 86 valence electrons. The highest BCUT2D eigenvalue weighted by Gasteiger charge is 2.17. The fraction of sp³-hybridized carbons (Fsp3) is 0.125. The van der Waals surface area contributed by atoms with Crippen LogP contribution in [0.15, 0.2) is 11.0 Å². The highest BCUT2D eigenvalue weighted by Crippen LogP contribution is 2.08. The summed E-state index contributed by atoms with van der Waals surface area (Å²) < 4.78 is 2.50. The lowest BCUT2D eigenvalue weighted by molar-refractivity contribution is 0.0997. The second kappa shape index (κ2) is 2.90. The summed E-state index contributed by atoms with van der Waals surface area (Å²) in [6.45, 7) is 0. The van der Waals surface area contributed by atoms with Crippen LogP contribution in [0.5, 0.6) is 0 Å². The van der Waals surface area contributed by atoms with E-state index in [1.807, 2.05) is 0 Å². The second-order valence-corrected chi connectivity index (χ2v) is 3.51. The van der Waals surface area contributed by atoms with E-state index in [-0.39, 0.29) is 16.9 Å². The van der Waals surface area contributed by atoms with Gasteiger partial charge in [-0.3, -0.25) is 14.3 Å². The molecule has 0 spiro atoms. The third-order valence-corrected chi connectivity index (χ3v) is 2.47. The lowest BCUT2D eigenvalue weighted by Crippen LogP contribution is -2.17. The lowest BCUT2D eigenvalue weighted by Gasteiger charge is -1.95. The number of nitrogens with one attached hydrogen (secondary N) is 1. The Balaban J connectivity index is 2.59. The molecule has 3 N–H and O–H groups in total. The molecule has 0 bridgehead atoms. The van der Waals surface area contributed by atoms with Crippen LogP contribution in [0.2, 0.25) is 0 Å². The number of nitrogens with zero attached hydrogens (tertiary/aromatic N) is 5. The van der Waals surface area contributed by atoms with Crippen LogP contribution in [0, 0.1) is 0 Å². The van der Waals surface area contributed by atoms with Crippen molar-refractivity contribution in [2.75, 3.05) is 0 Å². The molecule has 17 heavy (non-hydrogen) atoms. The van der Waals surface area contributed by atoms with E-state index >= 15 is 0 Å². The number of primary amides is 1. The molecule has 3 aromatic heterocycles. The topological polar surface area (TPSA) is 124 Å². The van der Waals surface area contributed by atoms with Gasteiger partial charge in [-0.25, -0.2) is 10.2 Å². The Morgan fingerprint density at radius 3 is 2.94 bits per heavy atom. The van der Waals surface area contributed by atoms with Crippen LogP contribution in [0.1, 0.15) is 10.5 Å². The summed E-state index contributed by atoms with van der Waals surface area (Å²) in [5.74, 6) is -0.753. The molecule has 0 fully saturated rings. The Hall–Kier alpha value is -2.71. The van der Waals surface area contributed by atoms with Gasteiger partial charge in [0.05, 0.1) is 6.20 Å². The first-order valence-corrected chi connectivity index (χ1v) is 4.68. The van der Waals surface area contributed by atoms with Crippen molar-refractivity contribution in [2.24, 2.45) is 12.8 Å². The van der Waals surface area contributed by atoms with Crippen LogP contribution in [-0.4, -0.2) is 35.5 Å². The molecule has 0 saturated carbocycles. The van der Waals surface area contributed by atoms with Crippen molar-refractivity contribution in [1.29, 1.82) is 0 Å². The van der Waals surface area contributed by atoms with Gasteiger partial charge in [0.2, 0.25) is 0 Å². The lowest BCUT2D eigenvalue weighted by atomic mass is 10.4. The number of H-pyrrole nitrogens is 1.